The number of halogens is 2. The van der Waals surface area contributed by atoms with Crippen molar-refractivity contribution in [3.63, 3.8) is 0 Å². The van der Waals surface area contributed by atoms with Crippen LogP contribution in [0.3, 0.4) is 0 Å². The Morgan fingerprint density at radius 1 is 1.59 bits per heavy atom. The zero-order valence-corrected chi connectivity index (χ0v) is 14.9. The average Bonchev–Trinajstić information content (AvgIpc) is 3.16. The lowest BCUT2D eigenvalue weighted by Gasteiger charge is -2.14. The molecule has 1 saturated heterocycles. The Morgan fingerprint density at radius 2 is 2.41 bits per heavy atom. The van der Waals surface area contributed by atoms with E-state index in [1.807, 2.05) is 11.4 Å². The molecule has 1 fully saturated rings. The second-order valence-electron chi connectivity index (χ2n) is 5.03. The second-order valence-corrected chi connectivity index (χ2v) is 6.86. The van der Waals surface area contributed by atoms with Crippen LogP contribution in [0.2, 0.25) is 0 Å². The molecule has 0 radical (unpaired) electrons. The van der Waals surface area contributed by atoms with Crippen LogP contribution in [0, 0.1) is 0 Å². The summed E-state index contributed by atoms with van der Waals surface area (Å²) in [5.74, 6) is 1.16. The molecule has 2 aromatic heterocycles. The van der Waals surface area contributed by atoms with Crippen LogP contribution in [0.5, 0.6) is 0 Å². The molecule has 1 atom stereocenters. The van der Waals surface area contributed by atoms with E-state index in [2.05, 4.69) is 26.1 Å². The Hall–Kier alpha value is -0.960. The topological polar surface area (TPSA) is 85.2 Å². The highest BCUT2D eigenvalue weighted by Gasteiger charge is 2.23. The van der Waals surface area contributed by atoms with Crippen molar-refractivity contribution in [3.8, 4) is 10.7 Å². The largest absolute Gasteiger partial charge is 0.341 e. The van der Waals surface area contributed by atoms with Crippen molar-refractivity contribution in [1.82, 2.24) is 15.0 Å². The number of aryl methyl sites for hydroxylation is 1. The van der Waals surface area contributed by atoms with Gasteiger partial charge in [0.05, 0.1) is 4.88 Å². The highest BCUT2D eigenvalue weighted by molar-refractivity contribution is 9.10. The molecular formula is C13H16BrClN4O2S. The van der Waals surface area contributed by atoms with E-state index in [-0.39, 0.29) is 24.4 Å². The van der Waals surface area contributed by atoms with E-state index in [4.69, 9.17) is 10.3 Å². The van der Waals surface area contributed by atoms with Gasteiger partial charge in [-0.05, 0) is 28.4 Å². The van der Waals surface area contributed by atoms with Crippen LogP contribution in [-0.4, -0.2) is 40.1 Å². The Morgan fingerprint density at radius 3 is 3.05 bits per heavy atom. The number of rotatable bonds is 4. The molecule has 0 aliphatic carbocycles. The summed E-state index contributed by atoms with van der Waals surface area (Å²) in [4.78, 5) is 19.1. The first kappa shape index (κ1) is 17.4. The van der Waals surface area contributed by atoms with E-state index in [1.165, 1.54) is 0 Å². The van der Waals surface area contributed by atoms with Crippen molar-refractivity contribution in [2.45, 2.75) is 25.3 Å². The number of likely N-dealkylation sites (tertiary alicyclic amines) is 1. The molecular weight excluding hydrogens is 392 g/mol. The van der Waals surface area contributed by atoms with Crippen molar-refractivity contribution in [1.29, 1.82) is 0 Å². The van der Waals surface area contributed by atoms with Crippen LogP contribution in [0.15, 0.2) is 20.4 Å². The lowest BCUT2D eigenvalue weighted by Crippen LogP contribution is -2.31. The molecule has 0 bridgehead atoms. The van der Waals surface area contributed by atoms with Gasteiger partial charge in [-0.3, -0.25) is 4.79 Å². The van der Waals surface area contributed by atoms with Gasteiger partial charge in [-0.25, -0.2) is 0 Å². The van der Waals surface area contributed by atoms with Gasteiger partial charge in [0.2, 0.25) is 17.6 Å². The van der Waals surface area contributed by atoms with Gasteiger partial charge >= 0.3 is 0 Å². The summed E-state index contributed by atoms with van der Waals surface area (Å²) in [6.45, 7) is 1.40. The van der Waals surface area contributed by atoms with Crippen molar-refractivity contribution in [2.24, 2.45) is 5.73 Å². The predicted octanol–water partition coefficient (Wildman–Crippen LogP) is 2.47. The summed E-state index contributed by atoms with van der Waals surface area (Å²) in [6, 6.07) is 2.05. The molecule has 2 aromatic rings. The molecule has 2 N–H and O–H groups in total. The summed E-state index contributed by atoms with van der Waals surface area (Å²) < 4.78 is 6.19. The van der Waals surface area contributed by atoms with Gasteiger partial charge in [0.1, 0.15) is 0 Å². The standard InChI is InChI=1S/C13H15BrN4O2S.ClH/c14-8-5-10(21-7-8)13-16-11(20-17-13)1-2-12(19)18-4-3-9(15)6-18;/h5,7,9H,1-4,6,15H2;1H/t9-;/m1./s1. The molecule has 1 aliphatic heterocycles. The number of hydrogen-bond donors (Lipinski definition) is 1. The molecule has 120 valence electrons. The quantitative estimate of drug-likeness (QED) is 0.841. The number of thiophene rings is 1. The number of hydrogen-bond acceptors (Lipinski definition) is 6. The SMILES string of the molecule is Cl.N[C@@H]1CCN(C(=O)CCc2nc(-c3cc(Br)cs3)no2)C1. The van der Waals surface area contributed by atoms with E-state index in [0.29, 0.717) is 31.1 Å². The van der Waals surface area contributed by atoms with Crippen LogP contribution < -0.4 is 5.73 Å². The maximum atomic E-state index is 12.0. The van der Waals surface area contributed by atoms with E-state index in [9.17, 15) is 4.79 Å². The van der Waals surface area contributed by atoms with Crippen molar-refractivity contribution in [3.05, 3.63) is 21.8 Å². The fourth-order valence-corrected chi connectivity index (χ4v) is 3.62. The number of carbonyl (C=O) groups excluding carboxylic acids is 1. The Balaban J connectivity index is 0.00000176. The summed E-state index contributed by atoms with van der Waals surface area (Å²) in [7, 11) is 0. The van der Waals surface area contributed by atoms with Crippen LogP contribution in [0.1, 0.15) is 18.7 Å². The number of nitrogens with zero attached hydrogens (tertiary/aromatic N) is 3. The van der Waals surface area contributed by atoms with E-state index < -0.39 is 0 Å². The lowest BCUT2D eigenvalue weighted by atomic mass is 10.3. The Bertz CT molecular complexity index is 648. The molecule has 1 aliphatic rings. The van der Waals surface area contributed by atoms with E-state index in [1.54, 1.807) is 16.2 Å². The number of nitrogens with two attached hydrogens (primary N) is 1. The maximum absolute atomic E-state index is 12.0. The molecule has 9 heteroatoms. The molecule has 0 unspecified atom stereocenters. The number of carbonyl (C=O) groups is 1. The summed E-state index contributed by atoms with van der Waals surface area (Å²) in [6.07, 6.45) is 1.72. The van der Waals surface area contributed by atoms with Crippen molar-refractivity contribution in [2.75, 3.05) is 13.1 Å². The fourth-order valence-electron chi connectivity index (χ4n) is 2.27. The third-order valence-electron chi connectivity index (χ3n) is 3.39. The monoisotopic (exact) mass is 406 g/mol. The van der Waals surface area contributed by atoms with Crippen molar-refractivity contribution >= 4 is 45.6 Å². The summed E-state index contributed by atoms with van der Waals surface area (Å²) >= 11 is 4.93. The molecule has 22 heavy (non-hydrogen) atoms. The van der Waals surface area contributed by atoms with Gasteiger partial charge in [0.25, 0.3) is 0 Å². The van der Waals surface area contributed by atoms with Gasteiger partial charge in [0.15, 0.2) is 0 Å². The first-order valence-corrected chi connectivity index (χ1v) is 8.39. The highest BCUT2D eigenvalue weighted by Crippen LogP contribution is 2.27. The van der Waals surface area contributed by atoms with Crippen LogP contribution >= 0.6 is 39.7 Å². The molecule has 0 saturated carbocycles. The highest BCUT2D eigenvalue weighted by atomic mass is 79.9. The minimum Gasteiger partial charge on any atom is -0.341 e. The Kier molecular flexibility index (Phi) is 5.96. The van der Waals surface area contributed by atoms with E-state index >= 15 is 0 Å². The first-order valence-electron chi connectivity index (χ1n) is 6.72. The molecule has 6 nitrogen and oxygen atoms in total. The molecule has 0 aromatic carbocycles. The fraction of sp³-hybridized carbons (Fsp3) is 0.462. The first-order chi connectivity index (χ1) is 10.1. The van der Waals surface area contributed by atoms with Gasteiger partial charge in [-0.1, -0.05) is 5.16 Å². The van der Waals surface area contributed by atoms with Gasteiger partial charge < -0.3 is 15.2 Å². The third-order valence-corrected chi connectivity index (χ3v) is 5.07. The molecule has 0 spiro atoms. The zero-order chi connectivity index (χ0) is 14.8. The zero-order valence-electron chi connectivity index (χ0n) is 11.7. The normalized spacial score (nSPS) is 17.5. The molecule has 3 heterocycles. The van der Waals surface area contributed by atoms with Crippen LogP contribution in [0.4, 0.5) is 0 Å². The van der Waals surface area contributed by atoms with Gasteiger partial charge in [-0.2, -0.15) is 4.98 Å². The third kappa shape index (κ3) is 4.07. The number of amides is 1. The smallest absolute Gasteiger partial charge is 0.227 e. The maximum Gasteiger partial charge on any atom is 0.227 e. The van der Waals surface area contributed by atoms with Crippen LogP contribution in [-0.2, 0) is 11.2 Å². The van der Waals surface area contributed by atoms with Gasteiger partial charge in [-0.15, -0.1) is 23.7 Å². The summed E-state index contributed by atoms with van der Waals surface area (Å²) in [5.41, 5.74) is 5.80. The van der Waals surface area contributed by atoms with Crippen molar-refractivity contribution < 1.29 is 9.32 Å². The number of aromatic nitrogens is 2. The molecule has 1 amide bonds. The molecule has 3 rings (SSSR count). The Labute approximate surface area is 146 Å². The minimum absolute atomic E-state index is 0. The summed E-state index contributed by atoms with van der Waals surface area (Å²) in [5, 5.41) is 5.91. The predicted molar refractivity (Wildman–Crippen MR) is 90.1 cm³/mol. The second kappa shape index (κ2) is 7.54. The minimum atomic E-state index is 0. The van der Waals surface area contributed by atoms with E-state index in [0.717, 1.165) is 22.3 Å². The average molecular weight is 408 g/mol. The van der Waals surface area contributed by atoms with Gasteiger partial charge in [0, 0.05) is 41.8 Å². The lowest BCUT2D eigenvalue weighted by molar-refractivity contribution is -0.130. The van der Waals surface area contributed by atoms with Crippen LogP contribution in [0.25, 0.3) is 10.7 Å².